The molecular weight excluding hydrogens is 552 g/mol. The lowest BCUT2D eigenvalue weighted by atomic mass is 9.73. The van der Waals surface area contributed by atoms with E-state index >= 15 is 0 Å². The van der Waals surface area contributed by atoms with E-state index in [4.69, 9.17) is 23.7 Å². The summed E-state index contributed by atoms with van der Waals surface area (Å²) >= 11 is 0. The first kappa shape index (κ1) is 37.1. The number of ether oxygens (including phenoxy) is 5. The van der Waals surface area contributed by atoms with Crippen molar-refractivity contribution in [1.82, 2.24) is 10.6 Å². The third-order valence-electron chi connectivity index (χ3n) is 9.10. The predicted molar refractivity (Wildman–Crippen MR) is 168 cm³/mol. The summed E-state index contributed by atoms with van der Waals surface area (Å²) in [6.07, 6.45) is 1.75. The summed E-state index contributed by atoms with van der Waals surface area (Å²) in [6.45, 7) is 13.5. The molecule has 1 fully saturated rings. The highest BCUT2D eigenvalue weighted by molar-refractivity contribution is 5.74. The number of aliphatic hydroxyl groups is 2. The minimum atomic E-state index is -1.44. The molecule has 0 spiro atoms. The number of nitrogens with one attached hydrogen (secondary N) is 2. The SMILES string of the molecule is CC[C@H]1OC(=O)C(C)[C@@](O)(CNCc2cc(OC)c(OC)c(OC)c2)[C@H](C)C[C@@H](COC)C[C@@H](C)CN[C@H](C)C[C@]1(C)O. The van der Waals surface area contributed by atoms with Crippen LogP contribution in [0.4, 0.5) is 0 Å². The molecule has 0 aliphatic carbocycles. The smallest absolute Gasteiger partial charge is 0.312 e. The second-order valence-electron chi connectivity index (χ2n) is 12.9. The highest BCUT2D eigenvalue weighted by Crippen LogP contribution is 2.39. The van der Waals surface area contributed by atoms with Gasteiger partial charge in [-0.1, -0.05) is 20.8 Å². The van der Waals surface area contributed by atoms with Crippen LogP contribution in [0.3, 0.4) is 0 Å². The van der Waals surface area contributed by atoms with Crippen molar-refractivity contribution in [2.45, 2.75) is 97.1 Å². The van der Waals surface area contributed by atoms with Crippen molar-refractivity contribution in [1.29, 1.82) is 0 Å². The molecule has 4 N–H and O–H groups in total. The summed E-state index contributed by atoms with van der Waals surface area (Å²) in [4.78, 5) is 13.7. The molecule has 10 heteroatoms. The van der Waals surface area contributed by atoms with Gasteiger partial charge in [0.2, 0.25) is 5.75 Å². The average molecular weight is 611 g/mol. The summed E-state index contributed by atoms with van der Waals surface area (Å²) in [6, 6.07) is 3.74. The Hall–Kier alpha value is -2.11. The summed E-state index contributed by atoms with van der Waals surface area (Å²) in [5.74, 6) is 0.464. The molecule has 1 unspecified atom stereocenters. The fourth-order valence-electron chi connectivity index (χ4n) is 6.55. The third-order valence-corrected chi connectivity index (χ3v) is 9.10. The zero-order valence-electron chi connectivity index (χ0n) is 28.1. The average Bonchev–Trinajstić information content (AvgIpc) is 2.96. The lowest BCUT2D eigenvalue weighted by Gasteiger charge is -2.41. The van der Waals surface area contributed by atoms with Gasteiger partial charge in [0.25, 0.3) is 0 Å². The molecule has 0 saturated carbocycles. The molecule has 1 aromatic rings. The Kier molecular flexibility index (Phi) is 14.5. The van der Waals surface area contributed by atoms with Crippen molar-refractivity contribution >= 4 is 5.97 Å². The van der Waals surface area contributed by atoms with Crippen LogP contribution < -0.4 is 24.8 Å². The minimum Gasteiger partial charge on any atom is -0.493 e. The van der Waals surface area contributed by atoms with Crippen LogP contribution in [0.1, 0.15) is 72.8 Å². The quantitative estimate of drug-likeness (QED) is 0.289. The summed E-state index contributed by atoms with van der Waals surface area (Å²) in [5, 5.41) is 30.7. The molecule has 1 heterocycles. The van der Waals surface area contributed by atoms with E-state index in [-0.39, 0.29) is 24.4 Å². The zero-order valence-corrected chi connectivity index (χ0v) is 28.1. The number of hydrogen-bond donors (Lipinski definition) is 4. The lowest BCUT2D eigenvalue weighted by Crippen LogP contribution is -2.55. The first-order valence-electron chi connectivity index (χ1n) is 15.6. The molecule has 248 valence electrons. The number of esters is 1. The number of methoxy groups -OCH3 is 4. The molecular formula is C33H58N2O8. The fourth-order valence-corrected chi connectivity index (χ4v) is 6.55. The van der Waals surface area contributed by atoms with Crippen LogP contribution in [0.15, 0.2) is 12.1 Å². The van der Waals surface area contributed by atoms with Gasteiger partial charge in [-0.05, 0) is 88.4 Å². The van der Waals surface area contributed by atoms with E-state index in [1.807, 2.05) is 32.9 Å². The van der Waals surface area contributed by atoms with E-state index < -0.39 is 29.2 Å². The highest BCUT2D eigenvalue weighted by Gasteiger charge is 2.46. The number of carbonyl (C=O) groups is 1. The van der Waals surface area contributed by atoms with Crippen molar-refractivity contribution in [2.75, 3.05) is 48.1 Å². The Bertz CT molecular complexity index is 980. The van der Waals surface area contributed by atoms with Crippen molar-refractivity contribution < 1.29 is 38.7 Å². The first-order chi connectivity index (χ1) is 20.3. The molecule has 43 heavy (non-hydrogen) atoms. The van der Waals surface area contributed by atoms with Crippen LogP contribution in [0.25, 0.3) is 0 Å². The van der Waals surface area contributed by atoms with Crippen molar-refractivity contribution in [3.63, 3.8) is 0 Å². The van der Waals surface area contributed by atoms with Gasteiger partial charge in [-0.3, -0.25) is 4.79 Å². The molecule has 0 bridgehead atoms. The Morgan fingerprint density at radius 2 is 1.65 bits per heavy atom. The van der Waals surface area contributed by atoms with Crippen molar-refractivity contribution in [2.24, 2.45) is 23.7 Å². The third kappa shape index (κ3) is 9.94. The van der Waals surface area contributed by atoms with E-state index in [9.17, 15) is 15.0 Å². The van der Waals surface area contributed by atoms with Gasteiger partial charge in [0.05, 0.1) is 32.8 Å². The Balaban J connectivity index is 2.41. The lowest BCUT2D eigenvalue weighted by molar-refractivity contribution is -0.181. The molecule has 8 atom stereocenters. The fraction of sp³-hybridized carbons (Fsp3) is 0.788. The van der Waals surface area contributed by atoms with Gasteiger partial charge in [-0.15, -0.1) is 0 Å². The summed E-state index contributed by atoms with van der Waals surface area (Å²) in [7, 11) is 6.39. The van der Waals surface area contributed by atoms with Crippen molar-refractivity contribution in [3.8, 4) is 17.2 Å². The van der Waals surface area contributed by atoms with E-state index in [1.54, 1.807) is 42.3 Å². The first-order valence-corrected chi connectivity index (χ1v) is 15.6. The summed E-state index contributed by atoms with van der Waals surface area (Å²) < 4.78 is 28.0. The van der Waals surface area contributed by atoms with Crippen LogP contribution in [0.5, 0.6) is 17.2 Å². The maximum Gasteiger partial charge on any atom is 0.312 e. The highest BCUT2D eigenvalue weighted by atomic mass is 16.6. The molecule has 0 aromatic heterocycles. The molecule has 1 aliphatic heterocycles. The topological polar surface area (TPSA) is 128 Å². The number of rotatable bonds is 10. The van der Waals surface area contributed by atoms with Gasteiger partial charge in [-0.2, -0.15) is 0 Å². The molecule has 1 saturated heterocycles. The number of benzene rings is 1. The maximum absolute atomic E-state index is 13.7. The zero-order chi connectivity index (χ0) is 32.4. The van der Waals surface area contributed by atoms with E-state index in [0.717, 1.165) is 18.5 Å². The van der Waals surface area contributed by atoms with Crippen LogP contribution in [0.2, 0.25) is 0 Å². The Morgan fingerprint density at radius 3 is 2.19 bits per heavy atom. The molecule has 1 aliphatic rings. The molecule has 0 radical (unpaired) electrons. The number of cyclic esters (lactones) is 1. The van der Waals surface area contributed by atoms with Crippen LogP contribution in [-0.4, -0.2) is 87.7 Å². The minimum absolute atomic E-state index is 0.0314. The Labute approximate surface area is 259 Å². The van der Waals surface area contributed by atoms with Gasteiger partial charge in [0, 0.05) is 32.8 Å². The van der Waals surface area contributed by atoms with Gasteiger partial charge in [-0.25, -0.2) is 0 Å². The second kappa shape index (κ2) is 16.8. The number of hydrogen-bond acceptors (Lipinski definition) is 10. The van der Waals surface area contributed by atoms with Crippen LogP contribution >= 0.6 is 0 Å². The number of carbonyl (C=O) groups excluding carboxylic acids is 1. The van der Waals surface area contributed by atoms with Gasteiger partial charge in [0.15, 0.2) is 11.5 Å². The predicted octanol–water partition coefficient (Wildman–Crippen LogP) is 3.94. The summed E-state index contributed by atoms with van der Waals surface area (Å²) in [5.41, 5.74) is -1.80. The van der Waals surface area contributed by atoms with Crippen LogP contribution in [-0.2, 0) is 20.8 Å². The van der Waals surface area contributed by atoms with Crippen molar-refractivity contribution in [3.05, 3.63) is 17.7 Å². The molecule has 10 nitrogen and oxygen atoms in total. The monoisotopic (exact) mass is 610 g/mol. The second-order valence-corrected chi connectivity index (χ2v) is 12.9. The largest absolute Gasteiger partial charge is 0.493 e. The maximum atomic E-state index is 13.7. The standard InChI is InChI=1S/C33H58N2O8/c1-11-29-32(6,37)16-23(4)35-17-21(2)12-26(19-39-7)13-22(3)33(38,24(5)31(36)43-29)20-34-18-25-14-27(40-8)30(42-10)28(15-25)41-9/h14-15,21-24,26,29,34-35,37-38H,11-13,16-20H2,1-10H3/t21-,22-,23-,24?,26+,29-,32+,33-/m1/s1. The van der Waals surface area contributed by atoms with Gasteiger partial charge < -0.3 is 44.5 Å². The van der Waals surface area contributed by atoms with E-state index in [1.165, 1.54) is 0 Å². The van der Waals surface area contributed by atoms with Gasteiger partial charge >= 0.3 is 5.97 Å². The molecule has 2 rings (SSSR count). The normalized spacial score (nSPS) is 33.2. The van der Waals surface area contributed by atoms with E-state index in [2.05, 4.69) is 17.6 Å². The van der Waals surface area contributed by atoms with Crippen LogP contribution in [0, 0.1) is 23.7 Å². The molecule has 1 aromatic carbocycles. The molecule has 0 amide bonds. The Morgan fingerprint density at radius 1 is 1.02 bits per heavy atom. The van der Waals surface area contributed by atoms with Gasteiger partial charge in [0.1, 0.15) is 11.7 Å². The van der Waals surface area contributed by atoms with E-state index in [0.29, 0.717) is 55.6 Å².